The largest absolute Gasteiger partial charge is 0.394 e. The minimum Gasteiger partial charge on any atom is -0.394 e. The van der Waals surface area contributed by atoms with E-state index in [0.717, 1.165) is 0 Å². The van der Waals surface area contributed by atoms with Crippen LogP contribution in [0.2, 0.25) is 0 Å². The molecule has 0 aliphatic heterocycles. The highest BCUT2D eigenvalue weighted by molar-refractivity contribution is 9.10. The predicted molar refractivity (Wildman–Crippen MR) is 48.8 cm³/mol. The van der Waals surface area contributed by atoms with Gasteiger partial charge >= 0.3 is 0 Å². The van der Waals surface area contributed by atoms with Gasteiger partial charge < -0.3 is 10.3 Å². The van der Waals surface area contributed by atoms with Gasteiger partial charge in [0.05, 0.1) is 16.7 Å². The van der Waals surface area contributed by atoms with Crippen LogP contribution in [0.5, 0.6) is 0 Å². The van der Waals surface area contributed by atoms with Crippen LogP contribution in [-0.2, 0) is 6.54 Å². The number of aryl methyl sites for hydroxylation is 1. The molecule has 0 saturated carbocycles. The van der Waals surface area contributed by atoms with Gasteiger partial charge in [0, 0.05) is 12.4 Å². The summed E-state index contributed by atoms with van der Waals surface area (Å²) < 4.78 is 13.8. The summed E-state index contributed by atoms with van der Waals surface area (Å²) >= 11 is 3.03. The summed E-state index contributed by atoms with van der Waals surface area (Å²) in [6, 6.07) is 0. The van der Waals surface area contributed by atoms with E-state index in [1.54, 1.807) is 0 Å². The Kier molecular flexibility index (Phi) is 2.86. The SMILES string of the molecule is Nc1cn(CCF)cc(Br)c1=O. The van der Waals surface area contributed by atoms with Crippen LogP contribution in [0.4, 0.5) is 10.1 Å². The van der Waals surface area contributed by atoms with E-state index < -0.39 is 6.67 Å². The topological polar surface area (TPSA) is 48.0 Å². The Morgan fingerprint density at radius 2 is 2.25 bits per heavy atom. The van der Waals surface area contributed by atoms with E-state index in [0.29, 0.717) is 4.47 Å². The van der Waals surface area contributed by atoms with Crippen LogP contribution in [-0.4, -0.2) is 11.2 Å². The Labute approximate surface area is 77.1 Å². The quantitative estimate of drug-likeness (QED) is 0.836. The predicted octanol–water partition coefficient (Wildman–Crippen LogP) is 1.16. The number of rotatable bonds is 2. The molecule has 0 aromatic carbocycles. The van der Waals surface area contributed by atoms with Crippen LogP contribution < -0.4 is 11.2 Å². The monoisotopic (exact) mass is 234 g/mol. The second-order valence-corrected chi connectivity index (χ2v) is 3.17. The number of alkyl halides is 1. The minimum absolute atomic E-state index is 0.123. The Balaban J connectivity index is 3.13. The summed E-state index contributed by atoms with van der Waals surface area (Å²) in [5, 5.41) is 0. The number of hydrogen-bond donors (Lipinski definition) is 1. The molecular weight excluding hydrogens is 227 g/mol. The van der Waals surface area contributed by atoms with Gasteiger partial charge in [0.2, 0.25) is 5.43 Å². The normalized spacial score (nSPS) is 10.2. The molecule has 0 atom stereocenters. The first-order valence-electron chi connectivity index (χ1n) is 3.36. The van der Waals surface area contributed by atoms with Crippen molar-refractivity contribution < 1.29 is 4.39 Å². The van der Waals surface area contributed by atoms with E-state index >= 15 is 0 Å². The zero-order chi connectivity index (χ0) is 9.14. The number of pyridine rings is 1. The molecule has 0 aliphatic rings. The summed E-state index contributed by atoms with van der Waals surface area (Å²) in [5.74, 6) is 0. The summed E-state index contributed by atoms with van der Waals surface area (Å²) in [6.07, 6.45) is 2.94. The van der Waals surface area contributed by atoms with Crippen molar-refractivity contribution in [2.75, 3.05) is 12.4 Å². The molecule has 0 spiro atoms. The summed E-state index contributed by atoms with van der Waals surface area (Å²) in [7, 11) is 0. The van der Waals surface area contributed by atoms with Crippen LogP contribution in [0, 0.1) is 0 Å². The Bertz CT molecular complexity index is 310. The van der Waals surface area contributed by atoms with Gasteiger partial charge in [-0.3, -0.25) is 4.79 Å². The maximum atomic E-state index is 11.9. The first-order valence-corrected chi connectivity index (χ1v) is 4.15. The number of nitrogens with two attached hydrogens (primary N) is 1. The molecule has 2 N–H and O–H groups in total. The van der Waals surface area contributed by atoms with Crippen LogP contribution >= 0.6 is 15.9 Å². The average molecular weight is 235 g/mol. The molecule has 1 rings (SSSR count). The standard InChI is InChI=1S/C7H8BrFN2O/c8-5-3-11(2-1-9)4-6(10)7(5)12/h3-4H,1-2,10H2. The second-order valence-electron chi connectivity index (χ2n) is 2.32. The number of anilines is 1. The lowest BCUT2D eigenvalue weighted by molar-refractivity contribution is 0.444. The van der Waals surface area contributed by atoms with Gasteiger partial charge in [0.15, 0.2) is 0 Å². The van der Waals surface area contributed by atoms with Gasteiger partial charge in [-0.05, 0) is 15.9 Å². The van der Waals surface area contributed by atoms with E-state index in [9.17, 15) is 9.18 Å². The number of nitrogen functional groups attached to an aromatic ring is 1. The van der Waals surface area contributed by atoms with Gasteiger partial charge in [-0.1, -0.05) is 0 Å². The van der Waals surface area contributed by atoms with Crippen molar-refractivity contribution in [3.8, 4) is 0 Å². The first-order chi connectivity index (χ1) is 5.65. The fourth-order valence-electron chi connectivity index (χ4n) is 0.843. The molecule has 1 aromatic heterocycles. The van der Waals surface area contributed by atoms with Crippen molar-refractivity contribution in [3.63, 3.8) is 0 Å². The number of aromatic nitrogens is 1. The smallest absolute Gasteiger partial charge is 0.218 e. The van der Waals surface area contributed by atoms with E-state index in [1.807, 2.05) is 0 Å². The Morgan fingerprint density at radius 1 is 1.58 bits per heavy atom. The third-order valence-corrected chi connectivity index (χ3v) is 1.97. The van der Waals surface area contributed by atoms with Crippen molar-refractivity contribution in [2.45, 2.75) is 6.54 Å². The van der Waals surface area contributed by atoms with Gasteiger partial charge in [-0.15, -0.1) is 0 Å². The van der Waals surface area contributed by atoms with Crippen LogP contribution in [0.15, 0.2) is 21.7 Å². The second kappa shape index (κ2) is 3.71. The summed E-state index contributed by atoms with van der Waals surface area (Å²) in [5.41, 5.74) is 5.23. The maximum absolute atomic E-state index is 11.9. The highest BCUT2D eigenvalue weighted by Crippen LogP contribution is 2.05. The zero-order valence-corrected chi connectivity index (χ0v) is 7.84. The molecule has 0 amide bonds. The highest BCUT2D eigenvalue weighted by Gasteiger charge is 2.01. The van der Waals surface area contributed by atoms with Gasteiger partial charge in [0.25, 0.3) is 0 Å². The Hall–Kier alpha value is -0.840. The molecule has 66 valence electrons. The van der Waals surface area contributed by atoms with E-state index in [4.69, 9.17) is 5.73 Å². The number of hydrogen-bond acceptors (Lipinski definition) is 2. The molecule has 3 nitrogen and oxygen atoms in total. The molecule has 1 heterocycles. The third-order valence-electron chi connectivity index (χ3n) is 1.41. The Morgan fingerprint density at radius 3 is 2.75 bits per heavy atom. The van der Waals surface area contributed by atoms with E-state index in [2.05, 4.69) is 15.9 Å². The van der Waals surface area contributed by atoms with Crippen molar-refractivity contribution in [2.24, 2.45) is 0 Å². The molecule has 0 radical (unpaired) electrons. The first kappa shape index (κ1) is 9.25. The van der Waals surface area contributed by atoms with Crippen LogP contribution in [0.25, 0.3) is 0 Å². The fraction of sp³-hybridized carbons (Fsp3) is 0.286. The highest BCUT2D eigenvalue weighted by atomic mass is 79.9. The summed E-state index contributed by atoms with van der Waals surface area (Å²) in [6.45, 7) is -0.266. The maximum Gasteiger partial charge on any atom is 0.218 e. The molecule has 0 saturated heterocycles. The van der Waals surface area contributed by atoms with Crippen molar-refractivity contribution in [1.29, 1.82) is 0 Å². The fourth-order valence-corrected chi connectivity index (χ4v) is 1.34. The van der Waals surface area contributed by atoms with E-state index in [-0.39, 0.29) is 17.7 Å². The average Bonchev–Trinajstić information content (AvgIpc) is 2.01. The van der Waals surface area contributed by atoms with Gasteiger partial charge in [0.1, 0.15) is 6.67 Å². The van der Waals surface area contributed by atoms with E-state index in [1.165, 1.54) is 17.0 Å². The van der Waals surface area contributed by atoms with Crippen molar-refractivity contribution >= 4 is 21.6 Å². The molecule has 0 aliphatic carbocycles. The zero-order valence-electron chi connectivity index (χ0n) is 6.26. The lowest BCUT2D eigenvalue weighted by atomic mass is 10.4. The van der Waals surface area contributed by atoms with Gasteiger partial charge in [-0.25, -0.2) is 4.39 Å². The molecule has 12 heavy (non-hydrogen) atoms. The lowest BCUT2D eigenvalue weighted by Gasteiger charge is -2.04. The lowest BCUT2D eigenvalue weighted by Crippen LogP contribution is -2.13. The van der Waals surface area contributed by atoms with Crippen molar-refractivity contribution in [3.05, 3.63) is 27.1 Å². The minimum atomic E-state index is -0.477. The number of nitrogens with zero attached hydrogens (tertiary/aromatic N) is 1. The van der Waals surface area contributed by atoms with Crippen LogP contribution in [0.1, 0.15) is 0 Å². The molecule has 1 aromatic rings. The van der Waals surface area contributed by atoms with Crippen molar-refractivity contribution in [1.82, 2.24) is 4.57 Å². The molecule has 5 heteroatoms. The number of halogens is 2. The summed E-state index contributed by atoms with van der Waals surface area (Å²) in [4.78, 5) is 11.0. The molecular formula is C7H8BrFN2O. The third kappa shape index (κ3) is 1.85. The molecule has 0 bridgehead atoms. The van der Waals surface area contributed by atoms with Gasteiger partial charge in [-0.2, -0.15) is 0 Å². The molecule has 0 unspecified atom stereocenters. The molecule has 0 fully saturated rings. The van der Waals surface area contributed by atoms with Crippen LogP contribution in [0.3, 0.4) is 0 Å².